The van der Waals surface area contributed by atoms with Gasteiger partial charge in [0.25, 0.3) is 0 Å². The van der Waals surface area contributed by atoms with Gasteiger partial charge in [-0.1, -0.05) is 12.1 Å². The second kappa shape index (κ2) is 8.35. The highest BCUT2D eigenvalue weighted by atomic mass is 16.7. The van der Waals surface area contributed by atoms with Crippen molar-refractivity contribution in [1.29, 1.82) is 0 Å². The molecule has 4 aromatic carbocycles. The topological polar surface area (TPSA) is 169 Å². The number of aliphatic hydroxyl groups is 2. The maximum Gasteiger partial charge on any atom is 0.305 e. The lowest BCUT2D eigenvalue weighted by molar-refractivity contribution is -0.219. The third kappa shape index (κ3) is 3.36. The van der Waals surface area contributed by atoms with Gasteiger partial charge < -0.3 is 50.0 Å². The van der Waals surface area contributed by atoms with Crippen LogP contribution in [0.25, 0.3) is 0 Å². The largest absolute Gasteiger partial charge is 0.508 e. The molecule has 5 atom stereocenters. The van der Waals surface area contributed by atoms with E-state index < -0.39 is 30.0 Å². The van der Waals surface area contributed by atoms with Crippen molar-refractivity contribution in [1.82, 2.24) is 0 Å². The van der Waals surface area contributed by atoms with Crippen LogP contribution in [0.5, 0.6) is 46.0 Å². The van der Waals surface area contributed by atoms with Crippen LogP contribution in [0.15, 0.2) is 66.7 Å². The van der Waals surface area contributed by atoms with E-state index in [4.69, 9.17) is 14.2 Å². The zero-order valence-electron chi connectivity index (χ0n) is 20.7. The first-order valence-corrected chi connectivity index (χ1v) is 12.6. The molecule has 4 aromatic rings. The van der Waals surface area contributed by atoms with Crippen LogP contribution < -0.4 is 14.2 Å². The Morgan fingerprint density at radius 1 is 0.675 bits per heavy atom. The number of phenols is 5. The molecule has 0 radical (unpaired) electrons. The predicted molar refractivity (Wildman–Crippen MR) is 138 cm³/mol. The van der Waals surface area contributed by atoms with Gasteiger partial charge in [0.1, 0.15) is 58.2 Å². The summed E-state index contributed by atoms with van der Waals surface area (Å²) in [7, 11) is 0. The molecule has 0 saturated carbocycles. The molecule has 0 spiro atoms. The number of rotatable bonds is 2. The Morgan fingerprint density at radius 2 is 1.30 bits per heavy atom. The van der Waals surface area contributed by atoms with E-state index in [-0.39, 0.29) is 58.0 Å². The second-order valence-corrected chi connectivity index (χ2v) is 10.2. The normalized spacial score (nSPS) is 25.9. The molecule has 3 heterocycles. The van der Waals surface area contributed by atoms with Gasteiger partial charge in [0, 0.05) is 46.9 Å². The van der Waals surface area contributed by atoms with Crippen molar-refractivity contribution in [3.8, 4) is 46.0 Å². The number of fused-ring (bicyclic) bond motifs is 8. The van der Waals surface area contributed by atoms with Crippen LogP contribution in [0.2, 0.25) is 0 Å². The highest BCUT2D eigenvalue weighted by Gasteiger charge is 2.60. The van der Waals surface area contributed by atoms with Gasteiger partial charge in [0.15, 0.2) is 0 Å². The zero-order valence-corrected chi connectivity index (χ0v) is 20.7. The molecule has 0 amide bonds. The van der Waals surface area contributed by atoms with Crippen LogP contribution in [-0.2, 0) is 12.2 Å². The molecule has 0 aromatic heterocycles. The average molecular weight is 545 g/mol. The van der Waals surface area contributed by atoms with Crippen molar-refractivity contribution in [2.45, 2.75) is 36.4 Å². The van der Waals surface area contributed by atoms with Crippen molar-refractivity contribution < 1.29 is 50.0 Å². The van der Waals surface area contributed by atoms with Crippen LogP contribution in [0.4, 0.5) is 0 Å². The fraction of sp³-hybridized carbons (Fsp3) is 0.200. The van der Waals surface area contributed by atoms with Crippen molar-refractivity contribution >= 4 is 0 Å². The minimum atomic E-state index is -1.89. The number of phenolic OH excluding ortho intramolecular Hbond substituents is 5. The Kier molecular flexibility index (Phi) is 5.06. The van der Waals surface area contributed by atoms with Crippen molar-refractivity contribution in [2.24, 2.45) is 0 Å². The standard InChI is InChI=1S/C30H24O10/c31-15-5-1-13(2-6-15)27-21(36)11-18-19(34)12-23-25(28(18)38-27)26-24-20(35)9-17(33)10-22(24)39-30(40-23,29(26)37)14-3-7-16(32)8-4-14/h1-10,12,21,26-27,29,31-37H,11H2/t21-,26-,27-,29?,30+/m1/s1. The summed E-state index contributed by atoms with van der Waals surface area (Å²) in [5.41, 5.74) is 1.69. The SMILES string of the molecule is Oc1ccc([C@H]2Oc3c(c(O)cc4c3[C@H]3c5c(O)cc(O)cc5O[C@@](c5ccc(O)cc5)(O4)C3O)C[C@H]2O)cc1. The Hall–Kier alpha value is -4.80. The van der Waals surface area contributed by atoms with Crippen LogP contribution in [0.1, 0.15) is 39.8 Å². The lowest BCUT2D eigenvalue weighted by Crippen LogP contribution is -2.57. The van der Waals surface area contributed by atoms with E-state index in [9.17, 15) is 35.7 Å². The molecule has 0 fully saturated rings. The van der Waals surface area contributed by atoms with Gasteiger partial charge in [-0.2, -0.15) is 0 Å². The first-order valence-electron chi connectivity index (χ1n) is 12.6. The maximum atomic E-state index is 11.9. The van der Waals surface area contributed by atoms with Crippen LogP contribution in [0, 0.1) is 0 Å². The first-order chi connectivity index (χ1) is 19.2. The van der Waals surface area contributed by atoms with Gasteiger partial charge in [-0.15, -0.1) is 0 Å². The van der Waals surface area contributed by atoms with Gasteiger partial charge in [-0.25, -0.2) is 0 Å². The number of aromatic hydroxyl groups is 5. The van der Waals surface area contributed by atoms with E-state index >= 15 is 0 Å². The average Bonchev–Trinajstić information content (AvgIpc) is 2.90. The molecule has 10 nitrogen and oxygen atoms in total. The molecule has 2 bridgehead atoms. The van der Waals surface area contributed by atoms with E-state index in [1.807, 2.05) is 0 Å². The Bertz CT molecular complexity index is 1650. The van der Waals surface area contributed by atoms with Crippen LogP contribution >= 0.6 is 0 Å². The van der Waals surface area contributed by atoms with E-state index in [2.05, 4.69) is 0 Å². The van der Waals surface area contributed by atoms with Crippen molar-refractivity contribution in [3.05, 3.63) is 94.5 Å². The van der Waals surface area contributed by atoms with E-state index in [1.54, 1.807) is 12.1 Å². The summed E-state index contributed by atoms with van der Waals surface area (Å²) in [5, 5.41) is 74.7. The molecule has 0 aliphatic carbocycles. The quantitative estimate of drug-likeness (QED) is 0.199. The smallest absolute Gasteiger partial charge is 0.305 e. The highest BCUT2D eigenvalue weighted by Crippen LogP contribution is 2.62. The molecule has 7 rings (SSSR count). The summed E-state index contributed by atoms with van der Waals surface area (Å²) in [6, 6.07) is 15.8. The van der Waals surface area contributed by atoms with E-state index in [1.165, 1.54) is 48.5 Å². The van der Waals surface area contributed by atoms with E-state index in [0.29, 0.717) is 22.3 Å². The Morgan fingerprint density at radius 3 is 1.98 bits per heavy atom. The monoisotopic (exact) mass is 544 g/mol. The lowest BCUT2D eigenvalue weighted by Gasteiger charge is -2.50. The molecule has 0 saturated heterocycles. The number of hydrogen-bond acceptors (Lipinski definition) is 10. The van der Waals surface area contributed by atoms with Gasteiger partial charge >= 0.3 is 5.79 Å². The summed E-state index contributed by atoms with van der Waals surface area (Å²) in [6.07, 6.45) is -3.38. The van der Waals surface area contributed by atoms with Gasteiger partial charge in [0.2, 0.25) is 0 Å². The molecule has 7 N–H and O–H groups in total. The number of aliphatic hydroxyl groups excluding tert-OH is 2. The van der Waals surface area contributed by atoms with Crippen LogP contribution in [0.3, 0.4) is 0 Å². The third-order valence-electron chi connectivity index (χ3n) is 7.82. The minimum Gasteiger partial charge on any atom is -0.508 e. The fourth-order valence-electron chi connectivity index (χ4n) is 5.99. The fourth-order valence-corrected chi connectivity index (χ4v) is 5.99. The van der Waals surface area contributed by atoms with Crippen molar-refractivity contribution in [3.63, 3.8) is 0 Å². The predicted octanol–water partition coefficient (Wildman–Crippen LogP) is 3.38. The second-order valence-electron chi connectivity index (χ2n) is 10.2. The number of hydrogen-bond donors (Lipinski definition) is 7. The van der Waals surface area contributed by atoms with Gasteiger partial charge in [-0.05, 0) is 42.0 Å². The number of benzene rings is 4. The summed E-state index contributed by atoms with van der Waals surface area (Å²) >= 11 is 0. The summed E-state index contributed by atoms with van der Waals surface area (Å²) in [6.45, 7) is 0. The van der Waals surface area contributed by atoms with Crippen molar-refractivity contribution in [2.75, 3.05) is 0 Å². The molecule has 204 valence electrons. The zero-order chi connectivity index (χ0) is 27.9. The Labute approximate surface area is 227 Å². The van der Waals surface area contributed by atoms with Gasteiger partial charge in [-0.3, -0.25) is 0 Å². The highest BCUT2D eigenvalue weighted by molar-refractivity contribution is 5.67. The first kappa shape index (κ1) is 24.3. The molecule has 3 aliphatic heterocycles. The molecule has 40 heavy (non-hydrogen) atoms. The summed E-state index contributed by atoms with van der Waals surface area (Å²) in [5.74, 6) is -3.36. The third-order valence-corrected chi connectivity index (χ3v) is 7.82. The maximum absolute atomic E-state index is 11.9. The Balaban J connectivity index is 1.47. The summed E-state index contributed by atoms with van der Waals surface area (Å²) in [4.78, 5) is 0. The van der Waals surface area contributed by atoms with E-state index in [0.717, 1.165) is 6.07 Å². The molecule has 10 heteroatoms. The van der Waals surface area contributed by atoms with Crippen LogP contribution in [-0.4, -0.2) is 48.0 Å². The molecule has 3 aliphatic rings. The summed E-state index contributed by atoms with van der Waals surface area (Å²) < 4.78 is 18.9. The molecular formula is C30H24O10. The minimum absolute atomic E-state index is 0.0107. The molecule has 1 unspecified atom stereocenters. The number of ether oxygens (including phenoxy) is 3. The van der Waals surface area contributed by atoms with Gasteiger partial charge in [0.05, 0.1) is 12.0 Å². The lowest BCUT2D eigenvalue weighted by atomic mass is 9.74. The molecular weight excluding hydrogens is 520 g/mol.